The van der Waals surface area contributed by atoms with Gasteiger partial charge in [-0.15, -0.1) is 0 Å². The number of nitrogens with zero attached hydrogens (tertiary/aromatic N) is 1. The lowest BCUT2D eigenvalue weighted by Gasteiger charge is -2.15. The molecule has 32 heavy (non-hydrogen) atoms. The minimum atomic E-state index is -0.266. The number of nitrogens with one attached hydrogen (secondary N) is 2. The van der Waals surface area contributed by atoms with Crippen molar-refractivity contribution in [2.24, 2.45) is 0 Å². The number of carbonyl (C=O) groups excluding carboxylic acids is 2. The monoisotopic (exact) mass is 429 g/mol. The number of carbonyl (C=O) groups is 2. The Morgan fingerprint density at radius 3 is 1.47 bits per heavy atom. The topological polar surface area (TPSA) is 71.1 Å². The summed E-state index contributed by atoms with van der Waals surface area (Å²) in [6, 6.07) is 25.3. The Kier molecular flexibility index (Phi) is 8.55. The van der Waals surface area contributed by atoms with E-state index in [0.29, 0.717) is 0 Å². The standard InChI is InChI=1S/C27H31N3O2/c1-20(16-18-22-10-5-3-6-11-22)28-26(31)24-14-9-15-25(30-24)27(32)29-21(2)17-19-23-12-7-4-8-13-23/h3-15,20-21H,16-19H2,1-2H3,(H,28,31)(H,29,32)/t20-,21-/m0/s1. The van der Waals surface area contributed by atoms with Gasteiger partial charge in [-0.3, -0.25) is 9.59 Å². The quantitative estimate of drug-likeness (QED) is 0.495. The Bertz CT molecular complexity index is 927. The number of aromatic nitrogens is 1. The van der Waals surface area contributed by atoms with Gasteiger partial charge < -0.3 is 10.6 Å². The van der Waals surface area contributed by atoms with Crippen LogP contribution >= 0.6 is 0 Å². The highest BCUT2D eigenvalue weighted by Crippen LogP contribution is 2.08. The molecule has 5 heteroatoms. The fraction of sp³-hybridized carbons (Fsp3) is 0.296. The van der Waals surface area contributed by atoms with Crippen LogP contribution in [0.3, 0.4) is 0 Å². The fourth-order valence-corrected chi connectivity index (χ4v) is 3.48. The minimum absolute atomic E-state index is 0.00000226. The molecular weight excluding hydrogens is 398 g/mol. The number of hydrogen-bond donors (Lipinski definition) is 2. The Morgan fingerprint density at radius 2 is 1.06 bits per heavy atom. The predicted molar refractivity (Wildman–Crippen MR) is 128 cm³/mol. The van der Waals surface area contributed by atoms with Crippen LogP contribution < -0.4 is 10.6 Å². The molecule has 166 valence electrons. The molecule has 0 bridgehead atoms. The molecule has 0 aliphatic carbocycles. The Balaban J connectivity index is 1.49. The van der Waals surface area contributed by atoms with Gasteiger partial charge in [0.25, 0.3) is 11.8 Å². The molecule has 0 aliphatic rings. The highest BCUT2D eigenvalue weighted by Gasteiger charge is 2.16. The molecule has 3 aromatic rings. The highest BCUT2D eigenvalue weighted by atomic mass is 16.2. The van der Waals surface area contributed by atoms with E-state index in [-0.39, 0.29) is 35.3 Å². The van der Waals surface area contributed by atoms with E-state index in [9.17, 15) is 9.59 Å². The van der Waals surface area contributed by atoms with Gasteiger partial charge in [-0.25, -0.2) is 4.98 Å². The van der Waals surface area contributed by atoms with Crippen LogP contribution in [0.15, 0.2) is 78.9 Å². The zero-order valence-electron chi connectivity index (χ0n) is 18.8. The van der Waals surface area contributed by atoms with Crippen molar-refractivity contribution in [1.82, 2.24) is 15.6 Å². The number of aryl methyl sites for hydroxylation is 2. The van der Waals surface area contributed by atoms with Gasteiger partial charge >= 0.3 is 0 Å². The predicted octanol–water partition coefficient (Wildman–Crippen LogP) is 4.58. The van der Waals surface area contributed by atoms with E-state index in [2.05, 4.69) is 39.9 Å². The van der Waals surface area contributed by atoms with Crippen LogP contribution in [-0.4, -0.2) is 28.9 Å². The molecule has 0 saturated heterocycles. The van der Waals surface area contributed by atoms with Gasteiger partial charge in [0.15, 0.2) is 0 Å². The number of benzene rings is 2. The molecule has 1 aromatic heterocycles. The average Bonchev–Trinajstić information content (AvgIpc) is 2.83. The summed E-state index contributed by atoms with van der Waals surface area (Å²) in [6.07, 6.45) is 3.43. The molecule has 2 atom stereocenters. The van der Waals surface area contributed by atoms with Gasteiger partial charge in [0.05, 0.1) is 0 Å². The maximum absolute atomic E-state index is 12.6. The van der Waals surface area contributed by atoms with Gasteiger partial charge in [-0.2, -0.15) is 0 Å². The van der Waals surface area contributed by atoms with Crippen LogP contribution in [-0.2, 0) is 12.8 Å². The molecule has 0 saturated carbocycles. The zero-order valence-corrected chi connectivity index (χ0v) is 18.8. The summed E-state index contributed by atoms with van der Waals surface area (Å²) in [7, 11) is 0. The van der Waals surface area contributed by atoms with E-state index in [1.165, 1.54) is 11.1 Å². The first-order valence-corrected chi connectivity index (χ1v) is 11.2. The van der Waals surface area contributed by atoms with Crippen molar-refractivity contribution in [3.8, 4) is 0 Å². The van der Waals surface area contributed by atoms with Gasteiger partial charge in [-0.05, 0) is 62.8 Å². The van der Waals surface area contributed by atoms with E-state index < -0.39 is 0 Å². The van der Waals surface area contributed by atoms with Crippen LogP contribution in [0.2, 0.25) is 0 Å². The van der Waals surface area contributed by atoms with E-state index in [1.54, 1.807) is 18.2 Å². The Labute approximate surface area is 190 Å². The molecule has 0 radical (unpaired) electrons. The van der Waals surface area contributed by atoms with Crippen LogP contribution in [0.4, 0.5) is 0 Å². The summed E-state index contributed by atoms with van der Waals surface area (Å²) >= 11 is 0. The molecule has 3 rings (SSSR count). The van der Waals surface area contributed by atoms with Crippen molar-refractivity contribution < 1.29 is 9.59 Å². The molecule has 0 spiro atoms. The summed E-state index contributed by atoms with van der Waals surface area (Å²) in [5.41, 5.74) is 2.99. The van der Waals surface area contributed by atoms with Crippen LogP contribution in [0, 0.1) is 0 Å². The maximum atomic E-state index is 12.6. The summed E-state index contributed by atoms with van der Waals surface area (Å²) < 4.78 is 0. The Morgan fingerprint density at radius 1 is 0.656 bits per heavy atom. The van der Waals surface area contributed by atoms with Crippen molar-refractivity contribution in [2.45, 2.75) is 51.6 Å². The van der Waals surface area contributed by atoms with E-state index >= 15 is 0 Å². The van der Waals surface area contributed by atoms with Crippen molar-refractivity contribution in [3.63, 3.8) is 0 Å². The van der Waals surface area contributed by atoms with Gasteiger partial charge in [-0.1, -0.05) is 66.7 Å². The summed E-state index contributed by atoms with van der Waals surface area (Å²) in [5, 5.41) is 5.96. The van der Waals surface area contributed by atoms with Crippen molar-refractivity contribution >= 4 is 11.8 Å². The lowest BCUT2D eigenvalue weighted by molar-refractivity contribution is 0.0929. The summed E-state index contributed by atoms with van der Waals surface area (Å²) in [4.78, 5) is 29.5. The van der Waals surface area contributed by atoms with Crippen molar-refractivity contribution in [1.29, 1.82) is 0 Å². The first kappa shape index (κ1) is 23.2. The zero-order chi connectivity index (χ0) is 22.8. The lowest BCUT2D eigenvalue weighted by atomic mass is 10.1. The van der Waals surface area contributed by atoms with E-state index in [4.69, 9.17) is 0 Å². The Hall–Kier alpha value is -3.47. The highest BCUT2D eigenvalue weighted by molar-refractivity contribution is 5.96. The normalized spacial score (nSPS) is 12.6. The first-order chi connectivity index (χ1) is 15.5. The third-order valence-electron chi connectivity index (χ3n) is 5.39. The second kappa shape index (κ2) is 11.8. The average molecular weight is 430 g/mol. The van der Waals surface area contributed by atoms with Crippen LogP contribution in [0.25, 0.3) is 0 Å². The molecule has 2 amide bonds. The summed E-state index contributed by atoms with van der Waals surface area (Å²) in [5.74, 6) is -0.533. The molecule has 5 nitrogen and oxygen atoms in total. The van der Waals surface area contributed by atoms with Gasteiger partial charge in [0, 0.05) is 12.1 Å². The molecule has 1 heterocycles. The molecule has 0 aliphatic heterocycles. The third-order valence-corrected chi connectivity index (χ3v) is 5.39. The second-order valence-electron chi connectivity index (χ2n) is 8.21. The number of hydrogen-bond acceptors (Lipinski definition) is 3. The van der Waals surface area contributed by atoms with E-state index in [1.807, 2.05) is 50.2 Å². The van der Waals surface area contributed by atoms with Crippen LogP contribution in [0.1, 0.15) is 58.8 Å². The second-order valence-corrected chi connectivity index (χ2v) is 8.21. The SMILES string of the molecule is C[C@@H](CCc1ccccc1)NC(=O)c1cccc(C(=O)N[C@@H](C)CCc2ccccc2)n1. The number of rotatable bonds is 10. The van der Waals surface area contributed by atoms with E-state index in [0.717, 1.165) is 25.7 Å². The molecule has 0 fully saturated rings. The molecule has 2 aromatic carbocycles. The lowest BCUT2D eigenvalue weighted by Crippen LogP contribution is -2.35. The fourth-order valence-electron chi connectivity index (χ4n) is 3.48. The molecular formula is C27H31N3O2. The van der Waals surface area contributed by atoms with Gasteiger partial charge in [0.2, 0.25) is 0 Å². The van der Waals surface area contributed by atoms with Crippen molar-refractivity contribution in [2.75, 3.05) is 0 Å². The number of pyridine rings is 1. The number of amides is 2. The third kappa shape index (κ3) is 7.34. The van der Waals surface area contributed by atoms with Gasteiger partial charge in [0.1, 0.15) is 11.4 Å². The van der Waals surface area contributed by atoms with Crippen LogP contribution in [0.5, 0.6) is 0 Å². The molecule has 0 unspecified atom stereocenters. The largest absolute Gasteiger partial charge is 0.348 e. The minimum Gasteiger partial charge on any atom is -0.348 e. The first-order valence-electron chi connectivity index (χ1n) is 11.2. The van der Waals surface area contributed by atoms with Crippen molar-refractivity contribution in [3.05, 3.63) is 101 Å². The smallest absolute Gasteiger partial charge is 0.270 e. The molecule has 2 N–H and O–H groups in total. The maximum Gasteiger partial charge on any atom is 0.270 e. The summed E-state index contributed by atoms with van der Waals surface area (Å²) in [6.45, 7) is 3.96.